The average molecular weight is 379 g/mol. The molecule has 2 aromatic carbocycles. The van der Waals surface area contributed by atoms with Gasteiger partial charge in [0.1, 0.15) is 0 Å². The van der Waals surface area contributed by atoms with Crippen LogP contribution in [0.2, 0.25) is 10.0 Å². The molecule has 130 valence electrons. The van der Waals surface area contributed by atoms with Crippen LogP contribution in [0, 0.1) is 0 Å². The highest BCUT2D eigenvalue weighted by Gasteiger charge is 2.60. The van der Waals surface area contributed by atoms with E-state index in [4.69, 9.17) is 23.2 Å². The van der Waals surface area contributed by atoms with Crippen molar-refractivity contribution in [3.05, 3.63) is 64.1 Å². The number of aliphatic hydroxyl groups is 1. The molecule has 1 aliphatic heterocycles. The number of benzene rings is 2. The number of carbonyl (C=O) groups is 2. The Bertz CT molecular complexity index is 841. The van der Waals surface area contributed by atoms with Crippen LogP contribution in [0.15, 0.2) is 48.5 Å². The highest BCUT2D eigenvalue weighted by molar-refractivity contribution is 6.42. The second kappa shape index (κ2) is 6.33. The Labute approximate surface area is 155 Å². The van der Waals surface area contributed by atoms with Crippen LogP contribution in [0.3, 0.4) is 0 Å². The number of aliphatic hydroxyl groups excluding tert-OH is 1. The van der Waals surface area contributed by atoms with E-state index < -0.39 is 23.6 Å². The first kappa shape index (κ1) is 17.7. The van der Waals surface area contributed by atoms with Crippen LogP contribution in [0.25, 0.3) is 0 Å². The molecule has 2 unspecified atom stereocenters. The Morgan fingerprint density at radius 1 is 1.04 bits per heavy atom. The fourth-order valence-electron chi connectivity index (χ4n) is 3.26. The predicted molar refractivity (Wildman–Crippen MR) is 96.9 cm³/mol. The summed E-state index contributed by atoms with van der Waals surface area (Å²) in [6.45, 7) is 1.49. The van der Waals surface area contributed by atoms with E-state index in [-0.39, 0.29) is 5.02 Å². The quantitative estimate of drug-likeness (QED) is 0.828. The fraction of sp³-hybridized carbons (Fsp3) is 0.222. The zero-order valence-electron chi connectivity index (χ0n) is 13.6. The lowest BCUT2D eigenvalue weighted by Crippen LogP contribution is -2.53. The molecular weight excluding hydrogens is 363 g/mol. The molecule has 1 heterocycles. The first-order valence-corrected chi connectivity index (χ1v) is 8.38. The maximum Gasteiger partial charge on any atom is 0.332 e. The monoisotopic (exact) mass is 378 g/mol. The Balaban J connectivity index is 2.18. The van der Waals surface area contributed by atoms with Gasteiger partial charge in [-0.05, 0) is 30.7 Å². The highest BCUT2D eigenvalue weighted by atomic mass is 35.5. The first-order chi connectivity index (χ1) is 11.8. The molecule has 1 aliphatic rings. The zero-order valence-corrected chi connectivity index (χ0v) is 15.1. The second-order valence-electron chi connectivity index (χ2n) is 5.89. The summed E-state index contributed by atoms with van der Waals surface area (Å²) in [6, 6.07) is 12.7. The first-order valence-electron chi connectivity index (χ1n) is 7.62. The zero-order chi connectivity index (χ0) is 18.4. The number of anilines is 1. The number of imide groups is 1. The Morgan fingerprint density at radius 2 is 1.68 bits per heavy atom. The second-order valence-corrected chi connectivity index (χ2v) is 6.70. The summed E-state index contributed by atoms with van der Waals surface area (Å²) in [5.74, 6) is -0.542. The molecule has 7 heteroatoms. The molecule has 1 N–H and O–H groups in total. The van der Waals surface area contributed by atoms with Crippen LogP contribution < -0.4 is 4.90 Å². The van der Waals surface area contributed by atoms with Gasteiger partial charge in [0.15, 0.2) is 5.54 Å². The third kappa shape index (κ3) is 2.51. The number of likely N-dealkylation sites (N-methyl/N-ethyl adjacent to an activating group) is 1. The fourth-order valence-corrected chi connectivity index (χ4v) is 3.56. The van der Waals surface area contributed by atoms with Gasteiger partial charge in [0.05, 0.1) is 21.8 Å². The summed E-state index contributed by atoms with van der Waals surface area (Å²) >= 11 is 12.0. The van der Waals surface area contributed by atoms with Crippen LogP contribution in [-0.4, -0.2) is 35.1 Å². The molecule has 3 rings (SSSR count). The third-order valence-electron chi connectivity index (χ3n) is 4.52. The number of urea groups is 1. The van der Waals surface area contributed by atoms with Crippen molar-refractivity contribution in [2.45, 2.75) is 18.6 Å². The summed E-state index contributed by atoms with van der Waals surface area (Å²) in [4.78, 5) is 28.4. The van der Waals surface area contributed by atoms with Crippen molar-refractivity contribution in [3.63, 3.8) is 0 Å². The number of carbonyl (C=O) groups excluding carboxylic acids is 2. The van der Waals surface area contributed by atoms with Crippen molar-refractivity contribution in [3.8, 4) is 0 Å². The van der Waals surface area contributed by atoms with E-state index in [1.54, 1.807) is 36.4 Å². The standard InChI is InChI=1S/C18H16Cl2N2O3/c1-11(23)18(12-6-4-3-5-7-12)16(24)22(17(25)21(18)2)13-8-9-14(19)15(20)10-13/h3-11,23H,1-2H3. The van der Waals surface area contributed by atoms with Crippen LogP contribution in [0.4, 0.5) is 10.5 Å². The van der Waals surface area contributed by atoms with Gasteiger partial charge in [-0.3, -0.25) is 4.79 Å². The maximum atomic E-state index is 13.3. The van der Waals surface area contributed by atoms with E-state index in [0.717, 1.165) is 4.90 Å². The number of rotatable bonds is 3. The molecule has 0 spiro atoms. The Hall–Kier alpha value is -2.08. The van der Waals surface area contributed by atoms with Crippen LogP contribution in [0.5, 0.6) is 0 Å². The number of nitrogens with zero attached hydrogens (tertiary/aromatic N) is 2. The van der Waals surface area contributed by atoms with Crippen molar-refractivity contribution < 1.29 is 14.7 Å². The van der Waals surface area contributed by atoms with Crippen LogP contribution in [0.1, 0.15) is 12.5 Å². The van der Waals surface area contributed by atoms with Crippen molar-refractivity contribution in [2.24, 2.45) is 0 Å². The van der Waals surface area contributed by atoms with E-state index in [9.17, 15) is 14.7 Å². The summed E-state index contributed by atoms with van der Waals surface area (Å²) in [5, 5.41) is 11.0. The van der Waals surface area contributed by atoms with E-state index in [1.165, 1.54) is 31.0 Å². The van der Waals surface area contributed by atoms with Gasteiger partial charge in [-0.25, -0.2) is 9.69 Å². The van der Waals surface area contributed by atoms with Gasteiger partial charge in [0.25, 0.3) is 5.91 Å². The molecule has 2 aromatic rings. The molecule has 0 aliphatic carbocycles. The number of halogens is 2. The molecule has 3 amide bonds. The van der Waals surface area contributed by atoms with E-state index in [2.05, 4.69) is 0 Å². The van der Waals surface area contributed by atoms with Gasteiger partial charge < -0.3 is 10.0 Å². The molecule has 1 saturated heterocycles. The molecule has 5 nitrogen and oxygen atoms in total. The largest absolute Gasteiger partial charge is 0.390 e. The van der Waals surface area contributed by atoms with Crippen LogP contribution >= 0.6 is 23.2 Å². The summed E-state index contributed by atoms with van der Waals surface area (Å²) in [6.07, 6.45) is -1.12. The summed E-state index contributed by atoms with van der Waals surface area (Å²) in [7, 11) is 1.50. The molecule has 0 bridgehead atoms. The third-order valence-corrected chi connectivity index (χ3v) is 5.26. The minimum Gasteiger partial charge on any atom is -0.390 e. The Morgan fingerprint density at radius 3 is 2.24 bits per heavy atom. The molecular formula is C18H16Cl2N2O3. The van der Waals surface area contributed by atoms with Crippen molar-refractivity contribution in [1.29, 1.82) is 0 Å². The number of amides is 3. The predicted octanol–water partition coefficient (Wildman–Crippen LogP) is 3.67. The number of hydrogen-bond acceptors (Lipinski definition) is 3. The normalized spacial score (nSPS) is 21.8. The smallest absolute Gasteiger partial charge is 0.332 e. The lowest BCUT2D eigenvalue weighted by molar-refractivity contribution is -0.130. The maximum absolute atomic E-state index is 13.3. The van der Waals surface area contributed by atoms with Gasteiger partial charge >= 0.3 is 6.03 Å². The lowest BCUT2D eigenvalue weighted by Gasteiger charge is -2.35. The van der Waals surface area contributed by atoms with E-state index >= 15 is 0 Å². The van der Waals surface area contributed by atoms with Crippen molar-refractivity contribution in [2.75, 3.05) is 11.9 Å². The van der Waals surface area contributed by atoms with Gasteiger partial charge in [-0.15, -0.1) is 0 Å². The highest BCUT2D eigenvalue weighted by Crippen LogP contribution is 2.42. The topological polar surface area (TPSA) is 60.9 Å². The molecule has 1 fully saturated rings. The minimum absolute atomic E-state index is 0.233. The molecule has 2 atom stereocenters. The van der Waals surface area contributed by atoms with Crippen molar-refractivity contribution >= 4 is 40.8 Å². The van der Waals surface area contributed by atoms with Gasteiger partial charge in [0, 0.05) is 7.05 Å². The van der Waals surface area contributed by atoms with Crippen molar-refractivity contribution in [1.82, 2.24) is 4.90 Å². The minimum atomic E-state index is -1.51. The van der Waals surface area contributed by atoms with Gasteiger partial charge in [-0.2, -0.15) is 0 Å². The van der Waals surface area contributed by atoms with Gasteiger partial charge in [-0.1, -0.05) is 53.5 Å². The number of hydrogen-bond donors (Lipinski definition) is 1. The average Bonchev–Trinajstić information content (AvgIpc) is 2.78. The summed E-state index contributed by atoms with van der Waals surface area (Å²) in [5.41, 5.74) is -0.673. The van der Waals surface area contributed by atoms with E-state index in [1.807, 2.05) is 0 Å². The summed E-state index contributed by atoms with van der Waals surface area (Å²) < 4.78 is 0. The molecule has 0 aromatic heterocycles. The van der Waals surface area contributed by atoms with Gasteiger partial charge in [0.2, 0.25) is 0 Å². The lowest BCUT2D eigenvalue weighted by atomic mass is 9.83. The molecule has 25 heavy (non-hydrogen) atoms. The van der Waals surface area contributed by atoms with Crippen LogP contribution in [-0.2, 0) is 10.3 Å². The van der Waals surface area contributed by atoms with E-state index in [0.29, 0.717) is 16.3 Å². The molecule has 0 radical (unpaired) electrons. The Kier molecular flexibility index (Phi) is 4.49. The SMILES string of the molecule is CC(O)C1(c2ccccc2)C(=O)N(c2ccc(Cl)c(Cl)c2)C(=O)N1C. The molecule has 0 saturated carbocycles.